The lowest BCUT2D eigenvalue weighted by atomic mass is 9.97. The molecule has 1 aromatic rings. The summed E-state index contributed by atoms with van der Waals surface area (Å²) in [4.78, 5) is 0. The fraction of sp³-hybridized carbons (Fsp3) is 0.600. The van der Waals surface area contributed by atoms with Gasteiger partial charge in [0, 0.05) is 13.2 Å². The van der Waals surface area contributed by atoms with E-state index >= 15 is 0 Å². The summed E-state index contributed by atoms with van der Waals surface area (Å²) < 4.78 is 5.52. The minimum absolute atomic E-state index is 0.231. The van der Waals surface area contributed by atoms with Crippen LogP contribution in [-0.2, 0) is 11.2 Å². The SMILES string of the molecule is Cc1ccc(CC(CO)CCOC(C)C)cc1. The van der Waals surface area contributed by atoms with Crippen LogP contribution >= 0.6 is 0 Å². The lowest BCUT2D eigenvalue weighted by Crippen LogP contribution is -2.14. The number of hydrogen-bond acceptors (Lipinski definition) is 2. The second-order valence-corrected chi connectivity index (χ2v) is 4.95. The molecule has 1 unspecified atom stereocenters. The van der Waals surface area contributed by atoms with Crippen LogP contribution in [0.25, 0.3) is 0 Å². The second kappa shape index (κ2) is 7.46. The molecule has 1 aromatic carbocycles. The molecule has 0 spiro atoms. The number of rotatable bonds is 7. The van der Waals surface area contributed by atoms with Crippen LogP contribution in [0.15, 0.2) is 24.3 Å². The average molecular weight is 236 g/mol. The standard InChI is InChI=1S/C15H24O2/c1-12(2)17-9-8-15(11-16)10-14-6-4-13(3)5-7-14/h4-7,12,15-16H,8-11H2,1-3H3. The van der Waals surface area contributed by atoms with Gasteiger partial charge in [-0.3, -0.25) is 0 Å². The van der Waals surface area contributed by atoms with Gasteiger partial charge < -0.3 is 9.84 Å². The molecule has 96 valence electrons. The number of aliphatic hydroxyl groups is 1. The molecule has 0 bridgehead atoms. The maximum Gasteiger partial charge on any atom is 0.0518 e. The van der Waals surface area contributed by atoms with Gasteiger partial charge in [0.15, 0.2) is 0 Å². The summed E-state index contributed by atoms with van der Waals surface area (Å²) in [5, 5.41) is 9.35. The van der Waals surface area contributed by atoms with Crippen LogP contribution in [0.1, 0.15) is 31.4 Å². The van der Waals surface area contributed by atoms with Gasteiger partial charge in [0.25, 0.3) is 0 Å². The minimum atomic E-state index is 0.231. The summed E-state index contributed by atoms with van der Waals surface area (Å²) in [6.45, 7) is 7.12. The number of aliphatic hydroxyl groups excluding tert-OH is 1. The van der Waals surface area contributed by atoms with Crippen molar-refractivity contribution >= 4 is 0 Å². The Morgan fingerprint density at radius 3 is 2.35 bits per heavy atom. The predicted molar refractivity (Wildman–Crippen MR) is 71.2 cm³/mol. The van der Waals surface area contributed by atoms with E-state index in [1.165, 1.54) is 11.1 Å². The summed E-state index contributed by atoms with van der Waals surface area (Å²) in [6, 6.07) is 8.52. The van der Waals surface area contributed by atoms with E-state index in [9.17, 15) is 5.11 Å². The normalized spacial score (nSPS) is 13.0. The Labute approximate surface area is 105 Å². The minimum Gasteiger partial charge on any atom is -0.396 e. The highest BCUT2D eigenvalue weighted by atomic mass is 16.5. The molecular formula is C15H24O2. The molecule has 1 atom stereocenters. The smallest absolute Gasteiger partial charge is 0.0518 e. The first-order valence-corrected chi connectivity index (χ1v) is 6.39. The Bertz CT molecular complexity index is 303. The van der Waals surface area contributed by atoms with Crippen LogP contribution in [0.2, 0.25) is 0 Å². The summed E-state index contributed by atoms with van der Waals surface area (Å²) in [5.41, 5.74) is 2.57. The molecule has 0 aromatic heterocycles. The molecule has 0 saturated carbocycles. The van der Waals surface area contributed by atoms with Crippen molar-refractivity contribution in [3.8, 4) is 0 Å². The maximum absolute atomic E-state index is 9.35. The molecule has 2 heteroatoms. The van der Waals surface area contributed by atoms with Gasteiger partial charge in [-0.25, -0.2) is 0 Å². The lowest BCUT2D eigenvalue weighted by Gasteiger charge is -2.15. The summed E-state index contributed by atoms with van der Waals surface area (Å²) in [7, 11) is 0. The van der Waals surface area contributed by atoms with Crippen LogP contribution in [0.3, 0.4) is 0 Å². The molecule has 0 fully saturated rings. The molecule has 0 aliphatic carbocycles. The fourth-order valence-electron chi connectivity index (χ4n) is 1.79. The van der Waals surface area contributed by atoms with Gasteiger partial charge in [-0.1, -0.05) is 29.8 Å². The van der Waals surface area contributed by atoms with Crippen LogP contribution in [0, 0.1) is 12.8 Å². The van der Waals surface area contributed by atoms with Crippen LogP contribution in [0.4, 0.5) is 0 Å². The maximum atomic E-state index is 9.35. The Hall–Kier alpha value is -0.860. The van der Waals surface area contributed by atoms with Gasteiger partial charge in [0.2, 0.25) is 0 Å². The molecule has 0 radical (unpaired) electrons. The monoisotopic (exact) mass is 236 g/mol. The molecule has 0 heterocycles. The van der Waals surface area contributed by atoms with Gasteiger partial charge in [-0.15, -0.1) is 0 Å². The Morgan fingerprint density at radius 2 is 1.82 bits per heavy atom. The first kappa shape index (κ1) is 14.2. The van der Waals surface area contributed by atoms with Crippen molar-refractivity contribution in [3.63, 3.8) is 0 Å². The number of ether oxygens (including phenoxy) is 1. The highest BCUT2D eigenvalue weighted by molar-refractivity contribution is 5.21. The van der Waals surface area contributed by atoms with Crippen molar-refractivity contribution in [2.45, 2.75) is 39.7 Å². The van der Waals surface area contributed by atoms with Crippen LogP contribution < -0.4 is 0 Å². The summed E-state index contributed by atoms with van der Waals surface area (Å²) in [6.07, 6.45) is 2.12. The predicted octanol–water partition coefficient (Wildman–Crippen LogP) is 2.96. The molecule has 1 rings (SSSR count). The third-order valence-electron chi connectivity index (χ3n) is 2.88. The van der Waals surface area contributed by atoms with Crippen molar-refractivity contribution in [2.75, 3.05) is 13.2 Å². The van der Waals surface area contributed by atoms with Gasteiger partial charge in [-0.2, -0.15) is 0 Å². The summed E-state index contributed by atoms with van der Waals surface area (Å²) >= 11 is 0. The van der Waals surface area contributed by atoms with E-state index in [0.717, 1.165) is 19.4 Å². The van der Waals surface area contributed by atoms with E-state index < -0.39 is 0 Å². The quantitative estimate of drug-likeness (QED) is 0.788. The van der Waals surface area contributed by atoms with Crippen molar-refractivity contribution in [1.29, 1.82) is 0 Å². The third-order valence-corrected chi connectivity index (χ3v) is 2.88. The molecule has 0 saturated heterocycles. The summed E-state index contributed by atoms with van der Waals surface area (Å²) in [5.74, 6) is 0.302. The first-order chi connectivity index (χ1) is 8.11. The van der Waals surface area contributed by atoms with E-state index in [-0.39, 0.29) is 12.7 Å². The molecule has 2 nitrogen and oxygen atoms in total. The molecule has 1 N–H and O–H groups in total. The fourth-order valence-corrected chi connectivity index (χ4v) is 1.79. The van der Waals surface area contributed by atoms with Crippen molar-refractivity contribution in [3.05, 3.63) is 35.4 Å². The largest absolute Gasteiger partial charge is 0.396 e. The van der Waals surface area contributed by atoms with Gasteiger partial charge in [0.1, 0.15) is 0 Å². The second-order valence-electron chi connectivity index (χ2n) is 4.95. The highest BCUT2D eigenvalue weighted by Gasteiger charge is 2.09. The zero-order chi connectivity index (χ0) is 12.7. The Kier molecular flexibility index (Phi) is 6.23. The van der Waals surface area contributed by atoms with Crippen molar-refractivity contribution in [2.24, 2.45) is 5.92 Å². The zero-order valence-electron chi connectivity index (χ0n) is 11.1. The zero-order valence-corrected chi connectivity index (χ0v) is 11.1. The topological polar surface area (TPSA) is 29.5 Å². The van der Waals surface area contributed by atoms with Gasteiger partial charge >= 0.3 is 0 Å². The van der Waals surface area contributed by atoms with Crippen molar-refractivity contribution in [1.82, 2.24) is 0 Å². The number of hydrogen-bond donors (Lipinski definition) is 1. The number of benzene rings is 1. The van der Waals surface area contributed by atoms with Crippen LogP contribution in [0.5, 0.6) is 0 Å². The Morgan fingerprint density at radius 1 is 1.18 bits per heavy atom. The first-order valence-electron chi connectivity index (χ1n) is 6.39. The molecule has 0 aliphatic heterocycles. The third kappa shape index (κ3) is 5.85. The molecule has 0 aliphatic rings. The van der Waals surface area contributed by atoms with Gasteiger partial charge in [0.05, 0.1) is 6.10 Å². The Balaban J connectivity index is 2.38. The van der Waals surface area contributed by atoms with E-state index in [1.807, 2.05) is 13.8 Å². The van der Waals surface area contributed by atoms with E-state index in [4.69, 9.17) is 4.74 Å². The highest BCUT2D eigenvalue weighted by Crippen LogP contribution is 2.13. The lowest BCUT2D eigenvalue weighted by molar-refractivity contribution is 0.0612. The number of aryl methyl sites for hydroxylation is 1. The van der Waals surface area contributed by atoms with Crippen molar-refractivity contribution < 1.29 is 9.84 Å². The van der Waals surface area contributed by atoms with E-state index in [2.05, 4.69) is 31.2 Å². The molecule has 0 amide bonds. The van der Waals surface area contributed by atoms with E-state index in [1.54, 1.807) is 0 Å². The molecular weight excluding hydrogens is 212 g/mol. The average Bonchev–Trinajstić information content (AvgIpc) is 2.30. The van der Waals surface area contributed by atoms with E-state index in [0.29, 0.717) is 5.92 Å². The molecule has 17 heavy (non-hydrogen) atoms. The van der Waals surface area contributed by atoms with Crippen LogP contribution in [-0.4, -0.2) is 24.4 Å². The van der Waals surface area contributed by atoms with Gasteiger partial charge in [-0.05, 0) is 45.1 Å².